The molecule has 0 heterocycles. The lowest BCUT2D eigenvalue weighted by Gasteiger charge is -2.02. The summed E-state index contributed by atoms with van der Waals surface area (Å²) in [5, 5.41) is 8.89. The zero-order valence-corrected chi connectivity index (χ0v) is 16.4. The zero-order valence-electron chi connectivity index (χ0n) is 16.4. The Kier molecular flexibility index (Phi) is 16.1. The third-order valence-electron chi connectivity index (χ3n) is 4.75. The maximum Gasteiger partial charge on any atom is 0.331 e. The molecule has 0 spiro atoms. The Morgan fingerprint density at radius 2 is 1.17 bits per heavy atom. The lowest BCUT2D eigenvalue weighted by Crippen LogP contribution is -1.97. The fourth-order valence-electron chi connectivity index (χ4n) is 2.83. The molecule has 2 nitrogen and oxygen atoms in total. The van der Waals surface area contributed by atoms with Crippen molar-refractivity contribution >= 4 is 5.97 Å². The molecule has 24 heavy (non-hydrogen) atoms. The standard InChI is InChI=1S/C22H40O2/c1-4-5-6-7-8-9-10-11-12-13-14-15-16-17-18-19-20(2)21(3)22(23)24/h18-19H,4-17H2,1-3H3,(H,23,24)/b19-18+,21-20+. The van der Waals surface area contributed by atoms with Crippen molar-refractivity contribution in [1.29, 1.82) is 0 Å². The SMILES string of the molecule is CCCCCCCCCCCCCCC/C=C/C(C)=C(\C)C(=O)O. The van der Waals surface area contributed by atoms with Gasteiger partial charge < -0.3 is 5.11 Å². The summed E-state index contributed by atoms with van der Waals surface area (Å²) in [6.07, 6.45) is 23.0. The van der Waals surface area contributed by atoms with E-state index in [9.17, 15) is 4.79 Å². The van der Waals surface area contributed by atoms with Gasteiger partial charge in [0.1, 0.15) is 0 Å². The van der Waals surface area contributed by atoms with E-state index in [0.29, 0.717) is 5.57 Å². The number of carbonyl (C=O) groups is 1. The van der Waals surface area contributed by atoms with Gasteiger partial charge in [-0.05, 0) is 32.3 Å². The van der Waals surface area contributed by atoms with Gasteiger partial charge in [-0.15, -0.1) is 0 Å². The molecule has 0 unspecified atom stereocenters. The minimum Gasteiger partial charge on any atom is -0.478 e. The fourth-order valence-corrected chi connectivity index (χ4v) is 2.83. The van der Waals surface area contributed by atoms with E-state index < -0.39 is 5.97 Å². The smallest absolute Gasteiger partial charge is 0.331 e. The number of rotatable bonds is 16. The molecular weight excluding hydrogens is 296 g/mol. The van der Waals surface area contributed by atoms with E-state index in [1.807, 2.05) is 13.0 Å². The van der Waals surface area contributed by atoms with E-state index in [1.165, 1.54) is 83.5 Å². The Balaban J connectivity index is 3.34. The summed E-state index contributed by atoms with van der Waals surface area (Å²) < 4.78 is 0. The van der Waals surface area contributed by atoms with Crippen molar-refractivity contribution in [3.63, 3.8) is 0 Å². The highest BCUT2D eigenvalue weighted by atomic mass is 16.4. The van der Waals surface area contributed by atoms with Crippen LogP contribution in [0.25, 0.3) is 0 Å². The average molecular weight is 337 g/mol. The summed E-state index contributed by atoms with van der Waals surface area (Å²) >= 11 is 0. The van der Waals surface area contributed by atoms with Crippen LogP contribution in [-0.2, 0) is 4.79 Å². The van der Waals surface area contributed by atoms with Crippen LogP contribution in [0.2, 0.25) is 0 Å². The van der Waals surface area contributed by atoms with Crippen LogP contribution in [0.3, 0.4) is 0 Å². The van der Waals surface area contributed by atoms with Crippen molar-refractivity contribution < 1.29 is 9.90 Å². The predicted molar refractivity (Wildman–Crippen MR) is 105 cm³/mol. The molecule has 0 aromatic carbocycles. The maximum atomic E-state index is 10.8. The quantitative estimate of drug-likeness (QED) is 0.180. The maximum absolute atomic E-state index is 10.8. The highest BCUT2D eigenvalue weighted by Crippen LogP contribution is 2.13. The second kappa shape index (κ2) is 16.8. The number of carboxylic acid groups (broad SMARTS) is 1. The molecule has 0 fully saturated rings. The molecule has 0 aromatic heterocycles. The van der Waals surface area contributed by atoms with Crippen molar-refractivity contribution in [2.45, 2.75) is 111 Å². The van der Waals surface area contributed by atoms with Crippen molar-refractivity contribution in [2.75, 3.05) is 0 Å². The number of unbranched alkanes of at least 4 members (excludes halogenated alkanes) is 13. The van der Waals surface area contributed by atoms with Crippen molar-refractivity contribution in [1.82, 2.24) is 0 Å². The molecule has 0 rings (SSSR count). The minimum atomic E-state index is -0.821. The summed E-state index contributed by atoms with van der Waals surface area (Å²) in [5.74, 6) is -0.821. The Labute approximate surface area is 150 Å². The molecule has 1 N–H and O–H groups in total. The van der Waals surface area contributed by atoms with Gasteiger partial charge in [0.05, 0.1) is 0 Å². The summed E-state index contributed by atoms with van der Waals surface area (Å²) in [6.45, 7) is 5.80. The monoisotopic (exact) mass is 336 g/mol. The summed E-state index contributed by atoms with van der Waals surface area (Å²) in [5.41, 5.74) is 1.30. The molecule has 0 bridgehead atoms. The van der Waals surface area contributed by atoms with Gasteiger partial charge in [-0.2, -0.15) is 0 Å². The van der Waals surface area contributed by atoms with Crippen molar-refractivity contribution in [3.8, 4) is 0 Å². The molecule has 0 radical (unpaired) electrons. The number of hydrogen-bond donors (Lipinski definition) is 1. The summed E-state index contributed by atoms with van der Waals surface area (Å²) in [7, 11) is 0. The van der Waals surface area contributed by atoms with Gasteiger partial charge in [0.15, 0.2) is 0 Å². The van der Waals surface area contributed by atoms with E-state index in [-0.39, 0.29) is 0 Å². The number of allylic oxidation sites excluding steroid dienone is 3. The zero-order chi connectivity index (χ0) is 18.0. The third-order valence-corrected chi connectivity index (χ3v) is 4.75. The van der Waals surface area contributed by atoms with Crippen LogP contribution in [0.4, 0.5) is 0 Å². The van der Waals surface area contributed by atoms with Crippen molar-refractivity contribution in [2.24, 2.45) is 0 Å². The highest BCUT2D eigenvalue weighted by molar-refractivity contribution is 5.87. The third kappa shape index (κ3) is 14.5. The van der Waals surface area contributed by atoms with E-state index >= 15 is 0 Å². The Morgan fingerprint density at radius 3 is 1.58 bits per heavy atom. The largest absolute Gasteiger partial charge is 0.478 e. The molecule has 0 aromatic rings. The lowest BCUT2D eigenvalue weighted by atomic mass is 10.0. The van der Waals surface area contributed by atoms with E-state index in [0.717, 1.165) is 12.0 Å². The van der Waals surface area contributed by atoms with Gasteiger partial charge in [0.2, 0.25) is 0 Å². The molecule has 2 heteroatoms. The predicted octanol–water partition coefficient (Wildman–Crippen LogP) is 7.44. The first kappa shape index (κ1) is 22.9. The molecule has 140 valence electrons. The van der Waals surface area contributed by atoms with Crippen LogP contribution in [0.1, 0.15) is 111 Å². The van der Waals surface area contributed by atoms with E-state index in [1.54, 1.807) is 6.92 Å². The van der Waals surface area contributed by atoms with Gasteiger partial charge in [-0.25, -0.2) is 4.79 Å². The Hall–Kier alpha value is -1.05. The first-order valence-electron chi connectivity index (χ1n) is 10.2. The lowest BCUT2D eigenvalue weighted by molar-refractivity contribution is -0.132. The minimum absolute atomic E-state index is 0.441. The topological polar surface area (TPSA) is 37.3 Å². The molecule has 0 aliphatic rings. The summed E-state index contributed by atoms with van der Waals surface area (Å²) in [6, 6.07) is 0. The molecule has 0 amide bonds. The second-order valence-corrected chi connectivity index (χ2v) is 7.05. The van der Waals surface area contributed by atoms with Crippen LogP contribution in [0.15, 0.2) is 23.3 Å². The van der Waals surface area contributed by atoms with Crippen LogP contribution in [0.5, 0.6) is 0 Å². The fraction of sp³-hybridized carbons (Fsp3) is 0.773. The van der Waals surface area contributed by atoms with E-state index in [4.69, 9.17) is 5.11 Å². The van der Waals surface area contributed by atoms with Gasteiger partial charge in [0.25, 0.3) is 0 Å². The van der Waals surface area contributed by atoms with Crippen LogP contribution in [-0.4, -0.2) is 11.1 Å². The van der Waals surface area contributed by atoms with Crippen LogP contribution >= 0.6 is 0 Å². The molecule has 0 saturated carbocycles. The first-order chi connectivity index (χ1) is 11.6. The average Bonchev–Trinajstić information content (AvgIpc) is 2.57. The van der Waals surface area contributed by atoms with Gasteiger partial charge in [-0.1, -0.05) is 96.1 Å². The number of carboxylic acids is 1. The van der Waals surface area contributed by atoms with Crippen LogP contribution in [0, 0.1) is 0 Å². The molecular formula is C22H40O2. The molecule has 0 aliphatic carbocycles. The Bertz CT molecular complexity index is 366. The summed E-state index contributed by atoms with van der Waals surface area (Å²) in [4.78, 5) is 10.8. The Morgan fingerprint density at radius 1 is 0.750 bits per heavy atom. The van der Waals surface area contributed by atoms with Gasteiger partial charge >= 0.3 is 5.97 Å². The number of hydrogen-bond acceptors (Lipinski definition) is 1. The highest BCUT2D eigenvalue weighted by Gasteiger charge is 2.01. The van der Waals surface area contributed by atoms with Gasteiger partial charge in [-0.3, -0.25) is 0 Å². The van der Waals surface area contributed by atoms with Gasteiger partial charge in [0, 0.05) is 5.57 Å². The molecule has 0 atom stereocenters. The number of aliphatic carboxylic acids is 1. The normalized spacial score (nSPS) is 12.6. The van der Waals surface area contributed by atoms with E-state index in [2.05, 4.69) is 13.0 Å². The molecule has 0 saturated heterocycles. The second-order valence-electron chi connectivity index (χ2n) is 7.05. The van der Waals surface area contributed by atoms with Crippen LogP contribution < -0.4 is 0 Å². The molecule has 0 aliphatic heterocycles. The van der Waals surface area contributed by atoms with Crippen molar-refractivity contribution in [3.05, 3.63) is 23.3 Å². The first-order valence-corrected chi connectivity index (χ1v) is 10.2.